The molecule has 1 N–H and O–H groups in total. The molecule has 0 bridgehead atoms. The van der Waals surface area contributed by atoms with Crippen LogP contribution >= 0.6 is 0 Å². The summed E-state index contributed by atoms with van der Waals surface area (Å²) >= 11 is 0. The van der Waals surface area contributed by atoms with Crippen LogP contribution in [-0.2, 0) is 16.0 Å². The molecule has 0 spiro atoms. The molecule has 164 valence electrons. The van der Waals surface area contributed by atoms with Gasteiger partial charge in [0.1, 0.15) is 12.4 Å². The molecule has 1 amide bonds. The van der Waals surface area contributed by atoms with Gasteiger partial charge in [-0.05, 0) is 42.5 Å². The van der Waals surface area contributed by atoms with Crippen molar-refractivity contribution in [2.24, 2.45) is 0 Å². The van der Waals surface area contributed by atoms with Gasteiger partial charge >= 0.3 is 0 Å². The maximum absolute atomic E-state index is 12.9. The first-order valence-electron chi connectivity index (χ1n) is 10.7. The molecular formula is C24H29N3O4. The Kier molecular flexibility index (Phi) is 7.19. The number of nitrogens with zero attached hydrogens (tertiary/aromatic N) is 2. The van der Waals surface area contributed by atoms with Crippen molar-refractivity contribution in [2.45, 2.75) is 6.54 Å². The van der Waals surface area contributed by atoms with Crippen molar-refractivity contribution < 1.29 is 19.0 Å². The van der Waals surface area contributed by atoms with Crippen molar-refractivity contribution in [2.75, 3.05) is 58.5 Å². The Hall–Kier alpha value is -2.87. The lowest BCUT2D eigenvalue weighted by Crippen LogP contribution is -2.38. The summed E-state index contributed by atoms with van der Waals surface area (Å²) in [5.74, 6) is 0.666. The molecule has 0 atom stereocenters. The van der Waals surface area contributed by atoms with Crippen molar-refractivity contribution in [3.8, 4) is 5.75 Å². The molecule has 1 fully saturated rings. The van der Waals surface area contributed by atoms with Crippen LogP contribution in [0.2, 0.25) is 0 Å². The van der Waals surface area contributed by atoms with E-state index in [0.29, 0.717) is 18.8 Å². The zero-order chi connectivity index (χ0) is 21.5. The van der Waals surface area contributed by atoms with Crippen LogP contribution < -0.4 is 10.1 Å². The molecule has 31 heavy (non-hydrogen) atoms. The molecule has 1 saturated heterocycles. The average molecular weight is 424 g/mol. The fraction of sp³-hybridized carbons (Fsp3) is 0.375. The van der Waals surface area contributed by atoms with E-state index in [2.05, 4.69) is 14.8 Å². The van der Waals surface area contributed by atoms with E-state index in [1.165, 1.54) is 0 Å². The van der Waals surface area contributed by atoms with Gasteiger partial charge in [-0.2, -0.15) is 0 Å². The van der Waals surface area contributed by atoms with Gasteiger partial charge in [-0.1, -0.05) is 6.07 Å². The van der Waals surface area contributed by atoms with Gasteiger partial charge in [0, 0.05) is 61.6 Å². The quantitative estimate of drug-likeness (QED) is 0.572. The van der Waals surface area contributed by atoms with E-state index >= 15 is 0 Å². The smallest absolute Gasteiger partial charge is 0.256 e. The molecule has 2 aromatic carbocycles. The number of fused-ring (bicyclic) bond motifs is 1. The van der Waals surface area contributed by atoms with Gasteiger partial charge in [0.05, 0.1) is 19.8 Å². The maximum atomic E-state index is 12.9. The van der Waals surface area contributed by atoms with Crippen LogP contribution in [0.25, 0.3) is 10.9 Å². The van der Waals surface area contributed by atoms with Crippen molar-refractivity contribution >= 4 is 22.5 Å². The largest absolute Gasteiger partial charge is 0.492 e. The molecule has 7 nitrogen and oxygen atoms in total. The second kappa shape index (κ2) is 10.4. The number of hydrogen-bond acceptors (Lipinski definition) is 5. The van der Waals surface area contributed by atoms with Crippen molar-refractivity contribution in [3.05, 3.63) is 60.3 Å². The number of aromatic nitrogens is 1. The van der Waals surface area contributed by atoms with Crippen LogP contribution in [0.3, 0.4) is 0 Å². The molecule has 0 saturated carbocycles. The minimum Gasteiger partial charge on any atom is -0.492 e. The Bertz CT molecular complexity index is 994. The molecule has 4 rings (SSSR count). The van der Waals surface area contributed by atoms with E-state index in [-0.39, 0.29) is 5.91 Å². The molecule has 1 aliphatic heterocycles. The molecule has 0 radical (unpaired) electrons. The van der Waals surface area contributed by atoms with Gasteiger partial charge in [-0.15, -0.1) is 0 Å². The van der Waals surface area contributed by atoms with Crippen LogP contribution in [0.1, 0.15) is 10.4 Å². The summed E-state index contributed by atoms with van der Waals surface area (Å²) in [6.07, 6.45) is 1.99. The standard InChI is InChI=1S/C24H29N3O4/c1-29-15-14-27-10-9-21-22(3-2-4-23(21)27)24(28)25-19-5-7-20(8-6-19)31-18-13-26-11-16-30-17-12-26/h2-10H,11-18H2,1H3,(H,25,28). The summed E-state index contributed by atoms with van der Waals surface area (Å²) in [7, 11) is 1.69. The maximum Gasteiger partial charge on any atom is 0.256 e. The monoisotopic (exact) mass is 423 g/mol. The summed E-state index contributed by atoms with van der Waals surface area (Å²) < 4.78 is 18.5. The van der Waals surface area contributed by atoms with Gasteiger partial charge in [-0.25, -0.2) is 0 Å². The number of ether oxygens (including phenoxy) is 3. The summed E-state index contributed by atoms with van der Waals surface area (Å²) in [6.45, 7) is 6.39. The predicted octanol–water partition coefficient (Wildman–Crippen LogP) is 3.25. The number of hydrogen-bond donors (Lipinski definition) is 1. The first-order chi connectivity index (χ1) is 15.2. The summed E-state index contributed by atoms with van der Waals surface area (Å²) in [5, 5.41) is 3.92. The fourth-order valence-corrected chi connectivity index (χ4v) is 3.76. The topological polar surface area (TPSA) is 65.0 Å². The van der Waals surface area contributed by atoms with E-state index in [9.17, 15) is 4.79 Å². The van der Waals surface area contributed by atoms with E-state index in [4.69, 9.17) is 14.2 Å². The second-order valence-corrected chi connectivity index (χ2v) is 7.52. The summed E-state index contributed by atoms with van der Waals surface area (Å²) in [5.41, 5.74) is 2.41. The summed E-state index contributed by atoms with van der Waals surface area (Å²) in [4.78, 5) is 15.2. The van der Waals surface area contributed by atoms with Crippen molar-refractivity contribution in [1.82, 2.24) is 9.47 Å². The minimum atomic E-state index is -0.129. The molecule has 2 heterocycles. The fourth-order valence-electron chi connectivity index (χ4n) is 3.76. The third kappa shape index (κ3) is 5.44. The highest BCUT2D eigenvalue weighted by atomic mass is 16.5. The molecule has 1 aromatic heterocycles. The third-order valence-corrected chi connectivity index (χ3v) is 5.49. The number of nitrogens with one attached hydrogen (secondary N) is 1. The minimum absolute atomic E-state index is 0.129. The molecule has 0 aliphatic carbocycles. The Labute approximate surface area is 182 Å². The number of benzene rings is 2. The normalized spacial score (nSPS) is 14.6. The molecule has 1 aliphatic rings. The first kappa shape index (κ1) is 21.4. The van der Waals surface area contributed by atoms with Crippen LogP contribution in [0.4, 0.5) is 5.69 Å². The highest BCUT2D eigenvalue weighted by molar-refractivity contribution is 6.12. The third-order valence-electron chi connectivity index (χ3n) is 5.49. The number of morpholine rings is 1. The van der Waals surface area contributed by atoms with E-state index in [1.54, 1.807) is 7.11 Å². The number of amides is 1. The van der Waals surface area contributed by atoms with Crippen molar-refractivity contribution in [1.29, 1.82) is 0 Å². The number of anilines is 1. The molecule has 0 unspecified atom stereocenters. The van der Waals surface area contributed by atoms with Gasteiger partial charge in [-0.3, -0.25) is 9.69 Å². The zero-order valence-electron chi connectivity index (χ0n) is 17.9. The van der Waals surface area contributed by atoms with E-state index in [1.807, 2.05) is 54.7 Å². The molecular weight excluding hydrogens is 394 g/mol. The summed E-state index contributed by atoms with van der Waals surface area (Å²) in [6, 6.07) is 15.3. The molecule has 3 aromatic rings. The Morgan fingerprint density at radius 3 is 2.61 bits per heavy atom. The predicted molar refractivity (Wildman–Crippen MR) is 121 cm³/mol. The zero-order valence-corrected chi connectivity index (χ0v) is 17.9. The van der Waals surface area contributed by atoms with Crippen LogP contribution in [-0.4, -0.2) is 68.5 Å². The first-order valence-corrected chi connectivity index (χ1v) is 10.7. The van der Waals surface area contributed by atoms with Gasteiger partial charge in [0.25, 0.3) is 5.91 Å². The van der Waals surface area contributed by atoms with Crippen LogP contribution in [0.5, 0.6) is 5.75 Å². The lowest BCUT2D eigenvalue weighted by Gasteiger charge is -2.26. The lowest BCUT2D eigenvalue weighted by atomic mass is 10.1. The van der Waals surface area contributed by atoms with E-state index < -0.39 is 0 Å². The number of carbonyl (C=O) groups excluding carboxylic acids is 1. The Morgan fingerprint density at radius 1 is 1.03 bits per heavy atom. The number of methoxy groups -OCH3 is 1. The van der Waals surface area contributed by atoms with Crippen LogP contribution in [0.15, 0.2) is 54.7 Å². The van der Waals surface area contributed by atoms with Crippen LogP contribution in [0, 0.1) is 0 Å². The van der Waals surface area contributed by atoms with Gasteiger partial charge in [0.15, 0.2) is 0 Å². The van der Waals surface area contributed by atoms with E-state index in [0.717, 1.165) is 61.7 Å². The highest BCUT2D eigenvalue weighted by Gasteiger charge is 2.13. The van der Waals surface area contributed by atoms with Crippen molar-refractivity contribution in [3.63, 3.8) is 0 Å². The number of carbonyl (C=O) groups is 1. The highest BCUT2D eigenvalue weighted by Crippen LogP contribution is 2.22. The van der Waals surface area contributed by atoms with Gasteiger partial charge < -0.3 is 24.1 Å². The SMILES string of the molecule is COCCn1ccc2c(C(=O)Nc3ccc(OCCN4CCOCC4)cc3)cccc21. The van der Waals surface area contributed by atoms with Gasteiger partial charge in [0.2, 0.25) is 0 Å². The molecule has 7 heteroatoms. The lowest BCUT2D eigenvalue weighted by molar-refractivity contribution is 0.0322. The Morgan fingerprint density at radius 2 is 1.84 bits per heavy atom. The number of rotatable bonds is 9. The second-order valence-electron chi connectivity index (χ2n) is 7.52. The average Bonchev–Trinajstić information content (AvgIpc) is 3.22. The Balaban J connectivity index is 1.34.